The van der Waals surface area contributed by atoms with Gasteiger partial charge in [-0.1, -0.05) is 51.2 Å². The summed E-state index contributed by atoms with van der Waals surface area (Å²) in [6.45, 7) is 6.15. The Morgan fingerprint density at radius 3 is 2.25 bits per heavy atom. The molecule has 0 aliphatic rings. The molecule has 0 amide bonds. The van der Waals surface area contributed by atoms with Crippen molar-refractivity contribution in [2.45, 2.75) is 51.9 Å². The summed E-state index contributed by atoms with van der Waals surface area (Å²) in [5.74, 6) is 0. The fourth-order valence-corrected chi connectivity index (χ4v) is 1.23. The lowest BCUT2D eigenvalue weighted by Crippen LogP contribution is -1.88. The molecule has 0 fully saturated rings. The van der Waals surface area contributed by atoms with Gasteiger partial charge in [0.2, 0.25) is 0 Å². The molecule has 0 rings (SSSR count). The highest BCUT2D eigenvalue weighted by atomic mass is 16.3. The summed E-state index contributed by atoms with van der Waals surface area (Å²) >= 11 is 0. The van der Waals surface area contributed by atoms with E-state index in [4.69, 9.17) is 5.11 Å². The molecule has 1 heteroatoms. The maximum atomic E-state index is 8.68. The zero-order valence-corrected chi connectivity index (χ0v) is 8.31. The van der Waals surface area contributed by atoms with Gasteiger partial charge in [0.05, 0.1) is 6.61 Å². The van der Waals surface area contributed by atoms with Crippen molar-refractivity contribution in [1.29, 1.82) is 0 Å². The standard InChI is InChI=1S/C11H22O/c1-3-4-5-6-7-8-9-11(2)10-12/h12H,2-10H2,1H3. The van der Waals surface area contributed by atoms with Crippen molar-refractivity contribution in [3.05, 3.63) is 12.2 Å². The third kappa shape index (κ3) is 7.80. The van der Waals surface area contributed by atoms with Crippen LogP contribution in [0.5, 0.6) is 0 Å². The van der Waals surface area contributed by atoms with E-state index in [-0.39, 0.29) is 6.61 Å². The van der Waals surface area contributed by atoms with E-state index >= 15 is 0 Å². The van der Waals surface area contributed by atoms with Gasteiger partial charge in [0.1, 0.15) is 0 Å². The topological polar surface area (TPSA) is 20.2 Å². The lowest BCUT2D eigenvalue weighted by Gasteiger charge is -2.01. The van der Waals surface area contributed by atoms with Crippen LogP contribution in [0.4, 0.5) is 0 Å². The molecule has 1 N–H and O–H groups in total. The number of rotatable bonds is 8. The first-order valence-electron chi connectivity index (χ1n) is 5.08. The molecule has 0 radical (unpaired) electrons. The summed E-state index contributed by atoms with van der Waals surface area (Å²) < 4.78 is 0. The summed E-state index contributed by atoms with van der Waals surface area (Å²) in [4.78, 5) is 0. The van der Waals surface area contributed by atoms with Crippen LogP contribution in [0.15, 0.2) is 12.2 Å². The monoisotopic (exact) mass is 170 g/mol. The van der Waals surface area contributed by atoms with E-state index in [9.17, 15) is 0 Å². The number of unbranched alkanes of at least 4 members (excludes halogenated alkanes) is 5. The van der Waals surface area contributed by atoms with Gasteiger partial charge < -0.3 is 5.11 Å². The first kappa shape index (κ1) is 11.7. The van der Waals surface area contributed by atoms with Gasteiger partial charge in [-0.3, -0.25) is 0 Å². The second kappa shape index (κ2) is 8.79. The third-order valence-corrected chi connectivity index (χ3v) is 2.11. The van der Waals surface area contributed by atoms with Crippen molar-refractivity contribution in [1.82, 2.24) is 0 Å². The Morgan fingerprint density at radius 1 is 1.08 bits per heavy atom. The van der Waals surface area contributed by atoms with Gasteiger partial charge >= 0.3 is 0 Å². The predicted molar refractivity (Wildman–Crippen MR) is 54.2 cm³/mol. The molecule has 72 valence electrons. The molecular formula is C11H22O. The van der Waals surface area contributed by atoms with E-state index in [0.29, 0.717) is 0 Å². The molecule has 0 aromatic carbocycles. The van der Waals surface area contributed by atoms with Crippen molar-refractivity contribution < 1.29 is 5.11 Å². The second-order valence-electron chi connectivity index (χ2n) is 3.43. The minimum absolute atomic E-state index is 0.162. The van der Waals surface area contributed by atoms with Crippen molar-refractivity contribution in [2.24, 2.45) is 0 Å². The van der Waals surface area contributed by atoms with Crippen LogP contribution < -0.4 is 0 Å². The first-order chi connectivity index (χ1) is 5.81. The molecule has 0 unspecified atom stereocenters. The first-order valence-corrected chi connectivity index (χ1v) is 5.08. The molecule has 0 atom stereocenters. The summed E-state index contributed by atoms with van der Waals surface area (Å²) in [7, 11) is 0. The van der Waals surface area contributed by atoms with Crippen LogP contribution in [0.2, 0.25) is 0 Å². The minimum atomic E-state index is 0.162. The molecule has 0 saturated carbocycles. The highest BCUT2D eigenvalue weighted by molar-refractivity contribution is 4.92. The summed E-state index contributed by atoms with van der Waals surface area (Å²) in [6, 6.07) is 0. The fraction of sp³-hybridized carbons (Fsp3) is 0.818. The molecule has 12 heavy (non-hydrogen) atoms. The highest BCUT2D eigenvalue weighted by Gasteiger charge is 1.92. The summed E-state index contributed by atoms with van der Waals surface area (Å²) in [5, 5.41) is 8.68. The third-order valence-electron chi connectivity index (χ3n) is 2.11. The van der Waals surface area contributed by atoms with E-state index in [1.54, 1.807) is 0 Å². The van der Waals surface area contributed by atoms with Gasteiger partial charge in [0, 0.05) is 0 Å². The molecule has 0 spiro atoms. The largest absolute Gasteiger partial charge is 0.392 e. The van der Waals surface area contributed by atoms with Crippen LogP contribution in [0.3, 0.4) is 0 Å². The molecule has 0 aromatic rings. The van der Waals surface area contributed by atoms with Crippen molar-refractivity contribution in [2.75, 3.05) is 6.61 Å². The smallest absolute Gasteiger partial charge is 0.0639 e. The van der Waals surface area contributed by atoms with E-state index in [0.717, 1.165) is 12.0 Å². The Kier molecular flexibility index (Phi) is 8.57. The molecule has 1 nitrogen and oxygen atoms in total. The quantitative estimate of drug-likeness (QED) is 0.438. The maximum Gasteiger partial charge on any atom is 0.0639 e. The van der Waals surface area contributed by atoms with E-state index < -0.39 is 0 Å². The molecule has 0 saturated heterocycles. The van der Waals surface area contributed by atoms with Gasteiger partial charge in [-0.25, -0.2) is 0 Å². The van der Waals surface area contributed by atoms with Crippen LogP contribution in [0.25, 0.3) is 0 Å². The Labute approximate surface area is 76.5 Å². The van der Waals surface area contributed by atoms with Crippen LogP contribution in [-0.2, 0) is 0 Å². The lowest BCUT2D eigenvalue weighted by molar-refractivity contribution is 0.326. The number of hydrogen-bond acceptors (Lipinski definition) is 1. The van der Waals surface area contributed by atoms with Crippen LogP contribution >= 0.6 is 0 Å². The van der Waals surface area contributed by atoms with Crippen molar-refractivity contribution in [3.8, 4) is 0 Å². The van der Waals surface area contributed by atoms with Crippen LogP contribution in [0.1, 0.15) is 51.9 Å². The number of hydrogen-bond donors (Lipinski definition) is 1. The molecule has 0 heterocycles. The van der Waals surface area contributed by atoms with Gasteiger partial charge in [0.15, 0.2) is 0 Å². The molecule has 0 bridgehead atoms. The van der Waals surface area contributed by atoms with E-state index in [1.165, 1.54) is 38.5 Å². The summed E-state index contributed by atoms with van der Waals surface area (Å²) in [6.07, 6.45) is 8.86. The number of aliphatic hydroxyl groups excluding tert-OH is 1. The number of aliphatic hydroxyl groups is 1. The molecule has 0 aliphatic heterocycles. The fourth-order valence-electron chi connectivity index (χ4n) is 1.23. The zero-order valence-electron chi connectivity index (χ0n) is 8.31. The normalized spacial score (nSPS) is 10.2. The Hall–Kier alpha value is -0.300. The molecular weight excluding hydrogens is 148 g/mol. The highest BCUT2D eigenvalue weighted by Crippen LogP contribution is 2.09. The SMILES string of the molecule is C=C(CO)CCCCCCCC. The minimum Gasteiger partial charge on any atom is -0.392 e. The van der Waals surface area contributed by atoms with Gasteiger partial charge in [-0.2, -0.15) is 0 Å². The predicted octanol–water partition coefficient (Wildman–Crippen LogP) is 3.29. The van der Waals surface area contributed by atoms with Crippen LogP contribution in [-0.4, -0.2) is 11.7 Å². The second-order valence-corrected chi connectivity index (χ2v) is 3.43. The van der Waals surface area contributed by atoms with Gasteiger partial charge in [0.25, 0.3) is 0 Å². The van der Waals surface area contributed by atoms with Gasteiger partial charge in [-0.15, -0.1) is 0 Å². The molecule has 0 aliphatic carbocycles. The van der Waals surface area contributed by atoms with Crippen molar-refractivity contribution in [3.63, 3.8) is 0 Å². The van der Waals surface area contributed by atoms with Crippen LogP contribution in [0, 0.1) is 0 Å². The Bertz CT molecular complexity index is 108. The average Bonchev–Trinajstić information content (AvgIpc) is 2.10. The van der Waals surface area contributed by atoms with E-state index in [2.05, 4.69) is 13.5 Å². The van der Waals surface area contributed by atoms with Gasteiger partial charge in [-0.05, 0) is 12.8 Å². The van der Waals surface area contributed by atoms with E-state index in [1.807, 2.05) is 0 Å². The zero-order chi connectivity index (χ0) is 9.23. The average molecular weight is 170 g/mol. The Balaban J connectivity index is 2.95. The Morgan fingerprint density at radius 2 is 1.67 bits per heavy atom. The molecule has 0 aromatic heterocycles. The van der Waals surface area contributed by atoms with Crippen molar-refractivity contribution >= 4 is 0 Å². The summed E-state index contributed by atoms with van der Waals surface area (Å²) in [5.41, 5.74) is 0.977. The lowest BCUT2D eigenvalue weighted by atomic mass is 10.1. The maximum absolute atomic E-state index is 8.68.